The number of nitrogens with zero attached hydrogens (tertiary/aromatic N) is 3. The van der Waals surface area contributed by atoms with Crippen LogP contribution in [0.15, 0.2) is 47.4 Å². The summed E-state index contributed by atoms with van der Waals surface area (Å²) in [5, 5.41) is 10.8. The van der Waals surface area contributed by atoms with E-state index in [2.05, 4.69) is 34.5 Å². The second-order valence-electron chi connectivity index (χ2n) is 9.13. The third-order valence-electron chi connectivity index (χ3n) is 6.74. The van der Waals surface area contributed by atoms with Gasteiger partial charge in [0.2, 0.25) is 0 Å². The van der Waals surface area contributed by atoms with Crippen molar-refractivity contribution >= 4 is 5.91 Å². The number of likely N-dealkylation sites (N-methyl/N-ethyl adjacent to an activating group) is 1. The summed E-state index contributed by atoms with van der Waals surface area (Å²) in [4.78, 5) is 15.7. The fourth-order valence-corrected chi connectivity index (χ4v) is 4.19. The molecule has 3 rings (SSSR count). The molecule has 8 heteroatoms. The van der Waals surface area contributed by atoms with E-state index in [1.807, 2.05) is 52.3 Å². The van der Waals surface area contributed by atoms with Crippen molar-refractivity contribution in [2.45, 2.75) is 46.2 Å². The first-order valence-corrected chi connectivity index (χ1v) is 12.1. The number of nitrogens with one attached hydrogen (secondary N) is 2. The van der Waals surface area contributed by atoms with Gasteiger partial charge in [0.15, 0.2) is 11.5 Å². The quantitative estimate of drug-likeness (QED) is 0.397. The van der Waals surface area contributed by atoms with Crippen LogP contribution in [-0.2, 0) is 11.8 Å². The van der Waals surface area contributed by atoms with Gasteiger partial charge in [-0.15, -0.1) is 0 Å². The highest BCUT2D eigenvalue weighted by molar-refractivity contribution is 5.97. The minimum atomic E-state index is -0.247. The Balaban J connectivity index is 1.88. The van der Waals surface area contributed by atoms with Crippen molar-refractivity contribution in [3.63, 3.8) is 0 Å². The average molecular weight is 482 g/mol. The number of aromatic nitrogens is 2. The van der Waals surface area contributed by atoms with Crippen LogP contribution in [0, 0.1) is 0 Å². The van der Waals surface area contributed by atoms with Gasteiger partial charge in [-0.05, 0) is 58.0 Å². The number of benzene rings is 1. The van der Waals surface area contributed by atoms with Gasteiger partial charge in [0.25, 0.3) is 5.91 Å². The number of carbonyl (C=O) groups is 1. The predicted octanol–water partition coefficient (Wildman–Crippen LogP) is 3.82. The van der Waals surface area contributed by atoms with Crippen molar-refractivity contribution in [2.75, 3.05) is 34.4 Å². The summed E-state index contributed by atoms with van der Waals surface area (Å²) in [5.41, 5.74) is 5.58. The summed E-state index contributed by atoms with van der Waals surface area (Å²) in [6.07, 6.45) is 6.54. The minimum Gasteiger partial charge on any atom is -0.493 e. The Kier molecular flexibility index (Phi) is 8.62. The Morgan fingerprint density at radius 2 is 1.97 bits per heavy atom. The zero-order chi connectivity index (χ0) is 25.7. The van der Waals surface area contributed by atoms with Crippen LogP contribution in [0.2, 0.25) is 0 Å². The summed E-state index contributed by atoms with van der Waals surface area (Å²) in [6.45, 7) is 10.1. The van der Waals surface area contributed by atoms with E-state index in [-0.39, 0.29) is 11.9 Å². The Morgan fingerprint density at radius 1 is 1.26 bits per heavy atom. The van der Waals surface area contributed by atoms with E-state index in [9.17, 15) is 4.79 Å². The van der Waals surface area contributed by atoms with Gasteiger partial charge in [-0.25, -0.2) is 0 Å². The third-order valence-corrected chi connectivity index (χ3v) is 6.74. The molecular formula is C27H39N5O3. The summed E-state index contributed by atoms with van der Waals surface area (Å²) in [6, 6.07) is 4.20. The molecule has 0 bridgehead atoms. The molecule has 0 spiro atoms. The van der Waals surface area contributed by atoms with Gasteiger partial charge >= 0.3 is 0 Å². The van der Waals surface area contributed by atoms with Crippen LogP contribution >= 0.6 is 0 Å². The van der Waals surface area contributed by atoms with E-state index < -0.39 is 0 Å². The number of ether oxygens (including phenoxy) is 2. The molecule has 0 saturated carbocycles. The molecule has 1 amide bonds. The Hall–Kier alpha value is -3.26. The average Bonchev–Trinajstić information content (AvgIpc) is 3.26. The second-order valence-corrected chi connectivity index (χ2v) is 9.13. The van der Waals surface area contributed by atoms with Crippen LogP contribution in [0.3, 0.4) is 0 Å². The monoisotopic (exact) mass is 481 g/mol. The van der Waals surface area contributed by atoms with Gasteiger partial charge < -0.3 is 25.0 Å². The van der Waals surface area contributed by atoms with E-state index in [0.29, 0.717) is 17.5 Å². The lowest BCUT2D eigenvalue weighted by atomic mass is 9.99. The molecule has 1 aromatic carbocycles. The fraction of sp³-hybridized carbons (Fsp3) is 0.481. The molecule has 35 heavy (non-hydrogen) atoms. The molecule has 1 atom stereocenters. The van der Waals surface area contributed by atoms with Gasteiger partial charge in [0.1, 0.15) is 0 Å². The standard InChI is InChI=1S/C27H39N5O3/c1-9-17(2)23(10-18(3)32-15-22(16-32)28-5)27(33)30-19(4)20-11-24(21-13-29-31(6)14-21)26(35-8)25(12-20)34-7/h10-14,19,22,28H,9,15-16H2,1-8H3,(H,30,33)/b18-10+,23-17+. The van der Waals surface area contributed by atoms with Crippen LogP contribution in [-0.4, -0.2) is 61.0 Å². The number of aryl methyl sites for hydroxylation is 1. The lowest BCUT2D eigenvalue weighted by molar-refractivity contribution is -0.117. The van der Waals surface area contributed by atoms with Crippen LogP contribution < -0.4 is 20.1 Å². The highest BCUT2D eigenvalue weighted by Gasteiger charge is 2.26. The van der Waals surface area contributed by atoms with Gasteiger partial charge in [0.05, 0.1) is 26.5 Å². The number of allylic oxidation sites excluding steroid dienone is 2. The summed E-state index contributed by atoms with van der Waals surface area (Å²) >= 11 is 0. The number of carbonyl (C=O) groups excluding carboxylic acids is 1. The summed E-state index contributed by atoms with van der Waals surface area (Å²) in [7, 11) is 7.10. The molecule has 2 aromatic rings. The van der Waals surface area contributed by atoms with Crippen molar-refractivity contribution in [3.8, 4) is 22.6 Å². The smallest absolute Gasteiger partial charge is 0.251 e. The first-order chi connectivity index (χ1) is 16.7. The topological polar surface area (TPSA) is 80.7 Å². The maximum atomic E-state index is 13.4. The van der Waals surface area contributed by atoms with Crippen molar-refractivity contribution in [1.29, 1.82) is 0 Å². The zero-order valence-electron chi connectivity index (χ0n) is 22.2. The van der Waals surface area contributed by atoms with Crippen LogP contribution in [0.25, 0.3) is 11.1 Å². The molecule has 1 aliphatic rings. The lowest BCUT2D eigenvalue weighted by Crippen LogP contribution is -2.55. The predicted molar refractivity (Wildman–Crippen MR) is 139 cm³/mol. The first-order valence-electron chi connectivity index (χ1n) is 12.1. The zero-order valence-corrected chi connectivity index (χ0v) is 22.2. The van der Waals surface area contributed by atoms with Crippen molar-refractivity contribution < 1.29 is 14.3 Å². The van der Waals surface area contributed by atoms with Crippen molar-refractivity contribution in [1.82, 2.24) is 25.3 Å². The highest BCUT2D eigenvalue weighted by Crippen LogP contribution is 2.40. The largest absolute Gasteiger partial charge is 0.493 e. The van der Waals surface area contributed by atoms with E-state index in [1.54, 1.807) is 25.1 Å². The molecule has 1 aromatic heterocycles. The van der Waals surface area contributed by atoms with Crippen molar-refractivity contribution in [3.05, 3.63) is 53.0 Å². The Morgan fingerprint density at radius 3 is 2.51 bits per heavy atom. The number of likely N-dealkylation sites (tertiary alicyclic amines) is 1. The second kappa shape index (κ2) is 11.4. The number of methoxy groups -OCH3 is 2. The number of hydrogen-bond donors (Lipinski definition) is 2. The lowest BCUT2D eigenvalue weighted by Gasteiger charge is -2.41. The van der Waals surface area contributed by atoms with Crippen molar-refractivity contribution in [2.24, 2.45) is 7.05 Å². The normalized spacial score (nSPS) is 15.9. The van der Waals surface area contributed by atoms with E-state index in [1.165, 1.54) is 0 Å². The van der Waals surface area contributed by atoms with E-state index in [0.717, 1.165) is 53.0 Å². The molecule has 1 aliphatic heterocycles. The summed E-state index contributed by atoms with van der Waals surface area (Å²) in [5.74, 6) is 1.16. The maximum Gasteiger partial charge on any atom is 0.251 e. The molecule has 1 saturated heterocycles. The molecule has 0 aliphatic carbocycles. The van der Waals surface area contributed by atoms with Crippen LogP contribution in [0.5, 0.6) is 11.5 Å². The number of rotatable bonds is 10. The third kappa shape index (κ3) is 5.88. The van der Waals surface area contributed by atoms with Gasteiger partial charge in [-0.3, -0.25) is 9.48 Å². The molecule has 190 valence electrons. The highest BCUT2D eigenvalue weighted by atomic mass is 16.5. The Labute approximate surface area is 209 Å². The maximum absolute atomic E-state index is 13.4. The van der Waals surface area contributed by atoms with Gasteiger partial charge in [-0.1, -0.05) is 12.5 Å². The molecule has 2 heterocycles. The Bertz CT molecular complexity index is 1110. The molecule has 2 N–H and O–H groups in total. The molecule has 1 fully saturated rings. The number of amides is 1. The summed E-state index contributed by atoms with van der Waals surface area (Å²) < 4.78 is 13.0. The minimum absolute atomic E-state index is 0.0837. The SMILES string of the molecule is CC/C(C)=C(\C=C(/C)N1CC(NC)C1)C(=O)NC(C)c1cc(OC)c(OC)c(-c2cnn(C)c2)c1. The molecular weight excluding hydrogens is 442 g/mol. The fourth-order valence-electron chi connectivity index (χ4n) is 4.19. The van der Waals surface area contributed by atoms with E-state index in [4.69, 9.17) is 9.47 Å². The molecule has 8 nitrogen and oxygen atoms in total. The number of hydrogen-bond acceptors (Lipinski definition) is 6. The van der Waals surface area contributed by atoms with Crippen LogP contribution in [0.4, 0.5) is 0 Å². The van der Waals surface area contributed by atoms with Gasteiger partial charge in [-0.2, -0.15) is 5.10 Å². The van der Waals surface area contributed by atoms with Gasteiger partial charge in [0, 0.05) is 54.8 Å². The molecule has 1 unspecified atom stereocenters. The van der Waals surface area contributed by atoms with Crippen LogP contribution in [0.1, 0.15) is 45.7 Å². The molecule has 0 radical (unpaired) electrons. The first kappa shape index (κ1) is 26.3. The van der Waals surface area contributed by atoms with E-state index >= 15 is 0 Å².